The fourth-order valence-corrected chi connectivity index (χ4v) is 1.63. The Morgan fingerprint density at radius 1 is 1.54 bits per heavy atom. The molecule has 0 aromatic heterocycles. The number of rotatable bonds is 3. The van der Waals surface area contributed by atoms with Gasteiger partial charge in [0.1, 0.15) is 5.82 Å². The largest absolute Gasteiger partial charge is 0.392 e. The van der Waals surface area contributed by atoms with Crippen molar-refractivity contribution in [2.24, 2.45) is 0 Å². The Bertz CT molecular complexity index is 279. The normalized spacial score (nSPS) is 10.5. The topological polar surface area (TPSA) is 29.5 Å². The maximum absolute atomic E-state index is 13.3. The van der Waals surface area contributed by atoms with Gasteiger partial charge < -0.3 is 9.84 Å². The van der Waals surface area contributed by atoms with Crippen LogP contribution < -0.4 is 0 Å². The first-order valence-corrected chi connectivity index (χ1v) is 4.55. The van der Waals surface area contributed by atoms with E-state index in [0.717, 1.165) is 0 Å². The zero-order valence-electron chi connectivity index (χ0n) is 7.18. The summed E-state index contributed by atoms with van der Waals surface area (Å²) < 4.78 is 18.7. The summed E-state index contributed by atoms with van der Waals surface area (Å²) in [6, 6.07) is 2.98. The maximum Gasteiger partial charge on any atom is 0.130 e. The first kappa shape index (κ1) is 10.6. The third-order valence-corrected chi connectivity index (χ3v) is 2.38. The van der Waals surface area contributed by atoms with Crippen LogP contribution in [-0.2, 0) is 18.0 Å². The Kier molecular flexibility index (Phi) is 3.84. The van der Waals surface area contributed by atoms with Gasteiger partial charge in [-0.15, -0.1) is 0 Å². The lowest BCUT2D eigenvalue weighted by atomic mass is 10.1. The van der Waals surface area contributed by atoms with Gasteiger partial charge in [0.25, 0.3) is 0 Å². The van der Waals surface area contributed by atoms with Crippen LogP contribution in [0.25, 0.3) is 0 Å². The average Bonchev–Trinajstić information content (AvgIpc) is 2.11. The molecule has 0 aliphatic rings. The van der Waals surface area contributed by atoms with Crippen LogP contribution in [-0.4, -0.2) is 12.2 Å². The fraction of sp³-hybridized carbons (Fsp3) is 0.333. The molecule has 0 saturated heterocycles. The fourth-order valence-electron chi connectivity index (χ4n) is 1.03. The summed E-state index contributed by atoms with van der Waals surface area (Å²) in [5, 5.41) is 8.79. The van der Waals surface area contributed by atoms with E-state index in [0.29, 0.717) is 15.6 Å². The van der Waals surface area contributed by atoms with Crippen LogP contribution in [0.1, 0.15) is 11.1 Å². The number of hydrogen-bond acceptors (Lipinski definition) is 2. The van der Waals surface area contributed by atoms with Gasteiger partial charge in [-0.25, -0.2) is 4.39 Å². The van der Waals surface area contributed by atoms with Crippen molar-refractivity contribution in [3.63, 3.8) is 0 Å². The first-order valence-electron chi connectivity index (χ1n) is 3.75. The molecule has 0 heterocycles. The lowest BCUT2D eigenvalue weighted by Gasteiger charge is -2.06. The molecular weight excluding hydrogens is 239 g/mol. The van der Waals surface area contributed by atoms with Gasteiger partial charge in [-0.1, -0.05) is 15.9 Å². The van der Waals surface area contributed by atoms with E-state index in [4.69, 9.17) is 9.84 Å². The minimum Gasteiger partial charge on any atom is -0.392 e. The van der Waals surface area contributed by atoms with E-state index in [1.165, 1.54) is 13.2 Å². The maximum atomic E-state index is 13.3. The summed E-state index contributed by atoms with van der Waals surface area (Å²) in [5.41, 5.74) is 1.02. The number of methoxy groups -OCH3 is 1. The van der Waals surface area contributed by atoms with Crippen molar-refractivity contribution in [3.05, 3.63) is 33.5 Å². The van der Waals surface area contributed by atoms with Gasteiger partial charge in [-0.05, 0) is 17.7 Å². The zero-order chi connectivity index (χ0) is 9.84. The van der Waals surface area contributed by atoms with Crippen LogP contribution in [0.5, 0.6) is 0 Å². The molecule has 0 radical (unpaired) electrons. The molecule has 0 aliphatic carbocycles. The minimum atomic E-state index is -0.361. The number of hydrogen-bond donors (Lipinski definition) is 1. The summed E-state index contributed by atoms with van der Waals surface area (Å²) in [6.45, 7) is 0.0565. The van der Waals surface area contributed by atoms with Crippen molar-refractivity contribution < 1.29 is 14.2 Å². The summed E-state index contributed by atoms with van der Waals surface area (Å²) in [6.07, 6.45) is 0. The molecule has 13 heavy (non-hydrogen) atoms. The van der Waals surface area contributed by atoms with Crippen molar-refractivity contribution in [1.29, 1.82) is 0 Å². The quantitative estimate of drug-likeness (QED) is 0.890. The molecule has 1 N–H and O–H groups in total. The SMILES string of the molecule is COCc1c(F)cc(CO)cc1Br. The first-order chi connectivity index (χ1) is 6.19. The Morgan fingerprint density at radius 3 is 2.69 bits per heavy atom. The molecule has 0 saturated carbocycles. The number of ether oxygens (including phenoxy) is 1. The Morgan fingerprint density at radius 2 is 2.23 bits per heavy atom. The summed E-state index contributed by atoms with van der Waals surface area (Å²) in [4.78, 5) is 0. The lowest BCUT2D eigenvalue weighted by Crippen LogP contribution is -1.96. The Hall–Kier alpha value is -0.450. The minimum absolute atomic E-state index is 0.164. The van der Waals surface area contributed by atoms with Crippen LogP contribution in [0.2, 0.25) is 0 Å². The van der Waals surface area contributed by atoms with Crippen molar-refractivity contribution >= 4 is 15.9 Å². The molecule has 0 amide bonds. The third-order valence-electron chi connectivity index (χ3n) is 1.67. The molecule has 72 valence electrons. The van der Waals surface area contributed by atoms with E-state index in [2.05, 4.69) is 15.9 Å². The van der Waals surface area contributed by atoms with Gasteiger partial charge in [0.15, 0.2) is 0 Å². The second kappa shape index (κ2) is 4.69. The van der Waals surface area contributed by atoms with Crippen molar-refractivity contribution in [2.75, 3.05) is 7.11 Å². The van der Waals surface area contributed by atoms with Crippen molar-refractivity contribution in [2.45, 2.75) is 13.2 Å². The van der Waals surface area contributed by atoms with E-state index in [1.807, 2.05) is 0 Å². The van der Waals surface area contributed by atoms with Crippen LogP contribution in [0.15, 0.2) is 16.6 Å². The smallest absolute Gasteiger partial charge is 0.130 e. The van der Waals surface area contributed by atoms with Crippen LogP contribution in [0, 0.1) is 5.82 Å². The van der Waals surface area contributed by atoms with E-state index < -0.39 is 0 Å². The molecule has 0 spiro atoms. The lowest BCUT2D eigenvalue weighted by molar-refractivity contribution is 0.180. The molecule has 0 unspecified atom stereocenters. The molecule has 0 atom stereocenters. The number of aliphatic hydroxyl groups excluding tert-OH is 1. The van der Waals surface area contributed by atoms with Crippen LogP contribution in [0.3, 0.4) is 0 Å². The summed E-state index contributed by atoms with van der Waals surface area (Å²) >= 11 is 3.21. The Labute approximate surface area is 84.5 Å². The molecule has 0 bridgehead atoms. The van der Waals surface area contributed by atoms with E-state index in [1.54, 1.807) is 6.07 Å². The highest BCUT2D eigenvalue weighted by Crippen LogP contribution is 2.22. The van der Waals surface area contributed by atoms with Gasteiger partial charge in [-0.3, -0.25) is 0 Å². The molecule has 1 aromatic carbocycles. The van der Waals surface area contributed by atoms with E-state index in [-0.39, 0.29) is 19.0 Å². The van der Waals surface area contributed by atoms with Crippen molar-refractivity contribution in [1.82, 2.24) is 0 Å². The highest BCUT2D eigenvalue weighted by Gasteiger charge is 2.08. The predicted octanol–water partition coefficient (Wildman–Crippen LogP) is 2.23. The second-order valence-electron chi connectivity index (χ2n) is 2.63. The number of aliphatic hydroxyl groups is 1. The Balaban J connectivity index is 3.07. The van der Waals surface area contributed by atoms with Gasteiger partial charge in [0.05, 0.1) is 13.2 Å². The van der Waals surface area contributed by atoms with Crippen molar-refractivity contribution in [3.8, 4) is 0 Å². The number of halogens is 2. The predicted molar refractivity (Wildman–Crippen MR) is 50.7 cm³/mol. The summed E-state index contributed by atoms with van der Waals surface area (Å²) in [7, 11) is 1.51. The number of benzene rings is 1. The summed E-state index contributed by atoms with van der Waals surface area (Å²) in [5.74, 6) is -0.361. The van der Waals surface area contributed by atoms with E-state index in [9.17, 15) is 4.39 Å². The molecule has 1 rings (SSSR count). The molecular formula is C9H10BrFO2. The monoisotopic (exact) mass is 248 g/mol. The molecule has 1 aromatic rings. The van der Waals surface area contributed by atoms with Gasteiger partial charge >= 0.3 is 0 Å². The average molecular weight is 249 g/mol. The zero-order valence-corrected chi connectivity index (χ0v) is 8.77. The molecule has 0 aliphatic heterocycles. The van der Waals surface area contributed by atoms with Gasteiger partial charge in [-0.2, -0.15) is 0 Å². The van der Waals surface area contributed by atoms with Crippen LogP contribution >= 0.6 is 15.9 Å². The van der Waals surface area contributed by atoms with Gasteiger partial charge in [0, 0.05) is 17.1 Å². The van der Waals surface area contributed by atoms with Gasteiger partial charge in [0.2, 0.25) is 0 Å². The van der Waals surface area contributed by atoms with E-state index >= 15 is 0 Å². The van der Waals surface area contributed by atoms with Crippen LogP contribution in [0.4, 0.5) is 4.39 Å². The third kappa shape index (κ3) is 2.49. The molecule has 2 nitrogen and oxygen atoms in total. The molecule has 0 fully saturated rings. The molecule has 4 heteroatoms. The standard InChI is InChI=1S/C9H10BrFO2/c1-13-5-7-8(10)2-6(4-12)3-9(7)11/h2-3,12H,4-5H2,1H3. The highest BCUT2D eigenvalue weighted by atomic mass is 79.9. The second-order valence-corrected chi connectivity index (χ2v) is 3.48. The highest BCUT2D eigenvalue weighted by molar-refractivity contribution is 9.10.